The summed E-state index contributed by atoms with van der Waals surface area (Å²) in [7, 11) is 3.41. The van der Waals surface area contributed by atoms with Crippen LogP contribution < -0.4 is 10.5 Å². The lowest BCUT2D eigenvalue weighted by molar-refractivity contribution is 0.159. The van der Waals surface area contributed by atoms with E-state index in [1.165, 1.54) is 0 Å². The second-order valence-electron chi connectivity index (χ2n) is 6.87. The third-order valence-corrected chi connectivity index (χ3v) is 5.29. The van der Waals surface area contributed by atoms with Crippen LogP contribution in [0, 0.1) is 0 Å². The molecule has 1 aliphatic heterocycles. The van der Waals surface area contributed by atoms with E-state index in [1.807, 2.05) is 24.3 Å². The maximum Gasteiger partial charge on any atom is 0.146 e. The molecule has 1 atom stereocenters. The average molecular weight is 367 g/mol. The molecule has 1 aromatic carbocycles. The molecule has 1 unspecified atom stereocenters. The van der Waals surface area contributed by atoms with E-state index in [4.69, 9.17) is 15.2 Å². The van der Waals surface area contributed by atoms with Crippen LogP contribution in [0.15, 0.2) is 36.8 Å². The van der Waals surface area contributed by atoms with Crippen LogP contribution in [0.2, 0.25) is 0 Å². The fourth-order valence-corrected chi connectivity index (χ4v) is 3.84. The van der Waals surface area contributed by atoms with Crippen molar-refractivity contribution >= 4 is 16.9 Å². The molecule has 1 aliphatic rings. The maximum absolute atomic E-state index is 6.24. The van der Waals surface area contributed by atoms with E-state index in [9.17, 15) is 0 Å². The number of methoxy groups -OCH3 is 2. The highest BCUT2D eigenvalue weighted by Crippen LogP contribution is 2.36. The normalized spacial score (nSPS) is 17.6. The zero-order chi connectivity index (χ0) is 18.8. The molecule has 0 radical (unpaired) electrons. The lowest BCUT2D eigenvalue weighted by Crippen LogP contribution is -2.25. The number of rotatable bonds is 6. The Morgan fingerprint density at radius 3 is 2.74 bits per heavy atom. The first-order valence-corrected chi connectivity index (χ1v) is 9.18. The van der Waals surface area contributed by atoms with E-state index in [0.29, 0.717) is 11.9 Å². The summed E-state index contributed by atoms with van der Waals surface area (Å²) in [5, 5.41) is 0.915. The number of benzene rings is 1. The van der Waals surface area contributed by atoms with Gasteiger partial charge in [-0.05, 0) is 24.1 Å². The molecule has 0 amide bonds. The molecule has 1 saturated heterocycles. The molecule has 4 rings (SSSR count). The Kier molecular flexibility index (Phi) is 4.96. The highest BCUT2D eigenvalue weighted by molar-refractivity contribution is 6.00. The van der Waals surface area contributed by atoms with E-state index in [1.54, 1.807) is 20.5 Å². The summed E-state index contributed by atoms with van der Waals surface area (Å²) < 4.78 is 12.8. The van der Waals surface area contributed by atoms with Gasteiger partial charge in [-0.25, -0.2) is 9.97 Å². The van der Waals surface area contributed by atoms with Crippen molar-refractivity contribution in [1.29, 1.82) is 0 Å². The first kappa shape index (κ1) is 17.8. The number of aromatic nitrogens is 3. The molecule has 27 heavy (non-hydrogen) atoms. The second kappa shape index (κ2) is 7.54. The van der Waals surface area contributed by atoms with Crippen molar-refractivity contribution in [2.24, 2.45) is 0 Å². The Bertz CT molecular complexity index is 922. The number of nitrogen functional groups attached to an aromatic ring is 1. The largest absolute Gasteiger partial charge is 0.497 e. The van der Waals surface area contributed by atoms with E-state index in [2.05, 4.69) is 25.6 Å². The number of nitrogens with two attached hydrogens (primary N) is 1. The van der Waals surface area contributed by atoms with Crippen molar-refractivity contribution in [3.05, 3.63) is 36.8 Å². The highest BCUT2D eigenvalue weighted by atomic mass is 16.5. The van der Waals surface area contributed by atoms with Crippen molar-refractivity contribution in [1.82, 2.24) is 19.4 Å². The first-order chi connectivity index (χ1) is 13.2. The summed E-state index contributed by atoms with van der Waals surface area (Å²) in [6.45, 7) is 3.76. The highest BCUT2D eigenvalue weighted by Gasteiger charge is 2.26. The Morgan fingerprint density at radius 2 is 2.00 bits per heavy atom. The number of hydrogen-bond acceptors (Lipinski definition) is 6. The number of hydrogen-bond donors (Lipinski definition) is 1. The van der Waals surface area contributed by atoms with Gasteiger partial charge in [-0.3, -0.25) is 4.90 Å². The van der Waals surface area contributed by atoms with Gasteiger partial charge in [0.2, 0.25) is 0 Å². The fraction of sp³-hybridized carbons (Fsp3) is 0.400. The van der Waals surface area contributed by atoms with E-state index in [0.717, 1.165) is 60.6 Å². The van der Waals surface area contributed by atoms with Crippen molar-refractivity contribution in [2.45, 2.75) is 12.5 Å². The molecular weight excluding hydrogens is 342 g/mol. The maximum atomic E-state index is 6.24. The van der Waals surface area contributed by atoms with E-state index in [-0.39, 0.29) is 0 Å². The van der Waals surface area contributed by atoms with Gasteiger partial charge in [0.25, 0.3) is 0 Å². The topological polar surface area (TPSA) is 78.4 Å². The predicted molar refractivity (Wildman–Crippen MR) is 106 cm³/mol. The van der Waals surface area contributed by atoms with Crippen LogP contribution in [-0.2, 0) is 4.74 Å². The number of fused-ring (bicyclic) bond motifs is 1. The zero-order valence-corrected chi connectivity index (χ0v) is 15.8. The summed E-state index contributed by atoms with van der Waals surface area (Å²) in [5.41, 5.74) is 9.27. The monoisotopic (exact) mass is 367 g/mol. The molecule has 1 fully saturated rings. The molecule has 7 nitrogen and oxygen atoms in total. The molecule has 3 aromatic rings. The number of likely N-dealkylation sites (tertiary alicyclic amines) is 1. The summed E-state index contributed by atoms with van der Waals surface area (Å²) in [4.78, 5) is 11.2. The minimum atomic E-state index is 0.366. The van der Waals surface area contributed by atoms with E-state index < -0.39 is 0 Å². The summed E-state index contributed by atoms with van der Waals surface area (Å²) in [6, 6.07) is 8.38. The third-order valence-electron chi connectivity index (χ3n) is 5.29. The molecule has 0 saturated carbocycles. The van der Waals surface area contributed by atoms with Crippen molar-refractivity contribution in [2.75, 3.05) is 46.2 Å². The van der Waals surface area contributed by atoms with Crippen molar-refractivity contribution in [3.63, 3.8) is 0 Å². The summed E-state index contributed by atoms with van der Waals surface area (Å²) >= 11 is 0. The van der Waals surface area contributed by atoms with Gasteiger partial charge < -0.3 is 19.8 Å². The van der Waals surface area contributed by atoms with Gasteiger partial charge in [-0.2, -0.15) is 0 Å². The lowest BCUT2D eigenvalue weighted by atomic mass is 10.1. The molecule has 0 spiro atoms. The van der Waals surface area contributed by atoms with Gasteiger partial charge in [0, 0.05) is 44.5 Å². The van der Waals surface area contributed by atoms with Crippen LogP contribution in [0.4, 0.5) is 5.82 Å². The minimum absolute atomic E-state index is 0.366. The Labute approximate surface area is 158 Å². The molecule has 3 heterocycles. The third kappa shape index (κ3) is 3.36. The first-order valence-electron chi connectivity index (χ1n) is 9.18. The second-order valence-corrected chi connectivity index (χ2v) is 6.87. The number of nitrogens with zero attached hydrogens (tertiary/aromatic N) is 4. The quantitative estimate of drug-likeness (QED) is 0.721. The lowest BCUT2D eigenvalue weighted by Gasteiger charge is -2.16. The number of anilines is 1. The molecule has 142 valence electrons. The Balaban J connectivity index is 1.73. The molecule has 0 bridgehead atoms. The van der Waals surface area contributed by atoms with E-state index >= 15 is 0 Å². The predicted octanol–water partition coefficient (Wildman–Crippen LogP) is 2.58. The van der Waals surface area contributed by atoms with Crippen LogP contribution >= 0.6 is 0 Å². The van der Waals surface area contributed by atoms with Crippen LogP contribution in [0.3, 0.4) is 0 Å². The molecule has 7 heteroatoms. The van der Waals surface area contributed by atoms with Crippen LogP contribution in [0.1, 0.15) is 12.5 Å². The Hall–Kier alpha value is -2.64. The molecule has 0 aliphatic carbocycles. The van der Waals surface area contributed by atoms with Crippen molar-refractivity contribution < 1.29 is 9.47 Å². The van der Waals surface area contributed by atoms with Gasteiger partial charge in [-0.1, -0.05) is 12.1 Å². The zero-order valence-electron chi connectivity index (χ0n) is 15.8. The summed E-state index contributed by atoms with van der Waals surface area (Å²) in [5.74, 6) is 1.34. The number of ether oxygens (including phenoxy) is 2. The average Bonchev–Trinajstić information content (AvgIpc) is 3.32. The van der Waals surface area contributed by atoms with Crippen LogP contribution in [-0.4, -0.2) is 59.9 Å². The fourth-order valence-electron chi connectivity index (χ4n) is 3.84. The smallest absolute Gasteiger partial charge is 0.146 e. The standard InChI is InChI=1S/C20H25N5O2/c1-26-10-9-24-8-7-15(11-24)25-12-17(14-3-5-16(27-2)6-4-14)18-19(21)22-13-23-20(18)25/h3-6,12-13,15H,7-11H2,1-2H3,(H2,21,22,23). The molecule has 2 N–H and O–H groups in total. The van der Waals surface area contributed by atoms with Crippen molar-refractivity contribution in [3.8, 4) is 16.9 Å². The summed E-state index contributed by atoms with van der Waals surface area (Å²) in [6.07, 6.45) is 4.80. The van der Waals surface area contributed by atoms with Gasteiger partial charge in [0.05, 0.1) is 19.1 Å². The molecular formula is C20H25N5O2. The minimum Gasteiger partial charge on any atom is -0.497 e. The SMILES string of the molecule is COCCN1CCC(n2cc(-c3ccc(OC)cc3)c3c(N)ncnc32)C1. The van der Waals surface area contributed by atoms with Gasteiger partial charge in [0.15, 0.2) is 0 Å². The van der Waals surface area contributed by atoms with Gasteiger partial charge in [-0.15, -0.1) is 0 Å². The van der Waals surface area contributed by atoms with Gasteiger partial charge in [0.1, 0.15) is 23.5 Å². The van der Waals surface area contributed by atoms with Crippen LogP contribution in [0.5, 0.6) is 5.75 Å². The van der Waals surface area contributed by atoms with Crippen LogP contribution in [0.25, 0.3) is 22.2 Å². The Morgan fingerprint density at radius 1 is 1.19 bits per heavy atom. The van der Waals surface area contributed by atoms with Gasteiger partial charge >= 0.3 is 0 Å². The molecule has 2 aromatic heterocycles.